The smallest absolute Gasteiger partial charge is 0.291 e. The van der Waals surface area contributed by atoms with Gasteiger partial charge in [0.05, 0.1) is 12.5 Å². The summed E-state index contributed by atoms with van der Waals surface area (Å²) >= 11 is 5.28. The first-order valence-electron chi connectivity index (χ1n) is 9.79. The van der Waals surface area contributed by atoms with Gasteiger partial charge in [0, 0.05) is 12.6 Å². The molecule has 0 saturated carbocycles. The lowest BCUT2D eigenvalue weighted by atomic mass is 9.87. The van der Waals surface area contributed by atoms with Crippen LogP contribution in [0.25, 0.3) is 0 Å². The van der Waals surface area contributed by atoms with E-state index in [2.05, 4.69) is 21.2 Å². The van der Waals surface area contributed by atoms with Crippen LogP contribution in [0.1, 0.15) is 49.9 Å². The summed E-state index contributed by atoms with van der Waals surface area (Å²) in [6, 6.07) is 0.336. The summed E-state index contributed by atoms with van der Waals surface area (Å²) in [6.07, 6.45) is 0.624. The van der Waals surface area contributed by atoms with Crippen LogP contribution < -0.4 is 16.1 Å². The van der Waals surface area contributed by atoms with Gasteiger partial charge in [-0.2, -0.15) is 0 Å². The Morgan fingerprint density at radius 2 is 2.10 bits per heavy atom. The van der Waals surface area contributed by atoms with Gasteiger partial charge in [-0.05, 0) is 25.2 Å². The largest absolute Gasteiger partial charge is 0.361 e. The molecular formula is C19H27ClFN5O5. The molecule has 0 aromatic carbocycles. The third-order valence-corrected chi connectivity index (χ3v) is 4.75. The fraction of sp³-hybridized carbons (Fsp3) is 0.632. The molecule has 1 aromatic heterocycles. The number of aromatic nitrogens is 1. The molecule has 31 heavy (non-hydrogen) atoms. The zero-order valence-corrected chi connectivity index (χ0v) is 18.6. The fourth-order valence-corrected chi connectivity index (χ4v) is 3.20. The highest BCUT2D eigenvalue weighted by Crippen LogP contribution is 2.22. The van der Waals surface area contributed by atoms with Crippen molar-refractivity contribution in [1.29, 1.82) is 0 Å². The van der Waals surface area contributed by atoms with E-state index in [1.165, 1.54) is 6.07 Å². The molecule has 172 valence electrons. The third kappa shape index (κ3) is 7.20. The first kappa shape index (κ1) is 24.6. The highest BCUT2D eigenvalue weighted by Gasteiger charge is 2.34. The topological polar surface area (TPSA) is 134 Å². The summed E-state index contributed by atoms with van der Waals surface area (Å²) in [5.74, 6) is -3.11. The Labute approximate surface area is 184 Å². The molecule has 3 atom stereocenters. The quantitative estimate of drug-likeness (QED) is 0.412. The number of carbonyl (C=O) groups excluding carboxylic acids is 4. The molecule has 2 heterocycles. The zero-order valence-electron chi connectivity index (χ0n) is 17.8. The molecule has 0 bridgehead atoms. The van der Waals surface area contributed by atoms with Gasteiger partial charge in [-0.15, -0.1) is 0 Å². The Kier molecular flexibility index (Phi) is 7.99. The number of hydrazine groups is 1. The van der Waals surface area contributed by atoms with Gasteiger partial charge in [0.2, 0.25) is 5.91 Å². The van der Waals surface area contributed by atoms with E-state index in [1.54, 1.807) is 6.92 Å². The van der Waals surface area contributed by atoms with E-state index in [0.29, 0.717) is 23.7 Å². The fourth-order valence-electron chi connectivity index (χ4n) is 3.09. The molecule has 1 fully saturated rings. The number of halogens is 2. The van der Waals surface area contributed by atoms with Gasteiger partial charge < -0.3 is 15.2 Å². The van der Waals surface area contributed by atoms with Crippen LogP contribution in [-0.2, 0) is 14.4 Å². The van der Waals surface area contributed by atoms with Crippen molar-refractivity contribution >= 4 is 35.2 Å². The average Bonchev–Trinajstić information content (AvgIpc) is 3.27. The predicted molar refractivity (Wildman–Crippen MR) is 108 cm³/mol. The van der Waals surface area contributed by atoms with E-state index < -0.39 is 35.3 Å². The van der Waals surface area contributed by atoms with E-state index in [1.807, 2.05) is 20.8 Å². The van der Waals surface area contributed by atoms with Crippen molar-refractivity contribution in [3.63, 3.8) is 0 Å². The number of nitrogens with zero attached hydrogens (tertiary/aromatic N) is 2. The highest BCUT2D eigenvalue weighted by atomic mass is 35.5. The minimum absolute atomic E-state index is 0.00986. The second kappa shape index (κ2) is 10.1. The third-order valence-electron chi connectivity index (χ3n) is 4.56. The number of nitrogens with one attached hydrogen (secondary N) is 3. The molecular weight excluding hydrogens is 433 g/mol. The van der Waals surface area contributed by atoms with Crippen molar-refractivity contribution in [3.8, 4) is 0 Å². The Hall–Kier alpha value is -2.69. The maximum atomic E-state index is 13.5. The molecule has 4 amide bonds. The van der Waals surface area contributed by atoms with Gasteiger partial charge in [-0.3, -0.25) is 24.6 Å². The summed E-state index contributed by atoms with van der Waals surface area (Å²) in [7, 11) is 0. The van der Waals surface area contributed by atoms with Crippen LogP contribution in [0, 0.1) is 18.3 Å². The maximum Gasteiger partial charge on any atom is 0.291 e. The first-order chi connectivity index (χ1) is 14.4. The number of amides is 4. The van der Waals surface area contributed by atoms with Gasteiger partial charge in [-0.25, -0.2) is 9.40 Å². The number of rotatable bonds is 7. The SMILES string of the molecule is Cc1cc(C(=O)NC(CC(C)(C)C)C(=O)NN(C[C@@H]2CCNC2=O)C(=O)C(F)Cl)no1. The van der Waals surface area contributed by atoms with E-state index in [4.69, 9.17) is 16.1 Å². The standard InChI is InChI=1S/C19H27ClFN5O5/c1-10-7-12(25-31-10)16(28)23-13(8-19(2,3)4)17(29)24-26(18(30)14(20)21)9-11-5-6-22-15(11)27/h7,11,13-14H,5-6,8-9H2,1-4H3,(H,22,27)(H,23,28)(H,24,29)/t11-,13?,14?/m0/s1. The minimum Gasteiger partial charge on any atom is -0.361 e. The monoisotopic (exact) mass is 459 g/mol. The predicted octanol–water partition coefficient (Wildman–Crippen LogP) is 1.05. The van der Waals surface area contributed by atoms with Crippen molar-refractivity contribution in [2.45, 2.75) is 52.2 Å². The van der Waals surface area contributed by atoms with Crippen molar-refractivity contribution in [2.75, 3.05) is 13.1 Å². The molecule has 10 nitrogen and oxygen atoms in total. The lowest BCUT2D eigenvalue weighted by Gasteiger charge is -2.30. The van der Waals surface area contributed by atoms with Gasteiger partial charge in [0.15, 0.2) is 5.69 Å². The molecule has 2 unspecified atom stereocenters. The molecule has 3 N–H and O–H groups in total. The van der Waals surface area contributed by atoms with Crippen molar-refractivity contribution in [1.82, 2.24) is 26.2 Å². The van der Waals surface area contributed by atoms with Crippen LogP contribution in [0.15, 0.2) is 10.6 Å². The first-order valence-corrected chi connectivity index (χ1v) is 10.2. The molecule has 0 radical (unpaired) electrons. The van der Waals surface area contributed by atoms with Crippen molar-refractivity contribution in [2.24, 2.45) is 11.3 Å². The van der Waals surface area contributed by atoms with E-state index in [9.17, 15) is 23.6 Å². The number of carbonyl (C=O) groups is 4. The van der Waals surface area contributed by atoms with E-state index in [-0.39, 0.29) is 30.0 Å². The van der Waals surface area contributed by atoms with Gasteiger partial charge in [0.25, 0.3) is 23.4 Å². The summed E-state index contributed by atoms with van der Waals surface area (Å²) in [5, 5.41) is 9.48. The lowest BCUT2D eigenvalue weighted by molar-refractivity contribution is -0.145. The molecule has 1 aliphatic heterocycles. The van der Waals surface area contributed by atoms with Gasteiger partial charge >= 0.3 is 0 Å². The van der Waals surface area contributed by atoms with Crippen LogP contribution in [0.2, 0.25) is 0 Å². The van der Waals surface area contributed by atoms with Crippen molar-refractivity contribution in [3.05, 3.63) is 17.5 Å². The molecule has 12 heteroatoms. The Balaban J connectivity index is 2.17. The minimum atomic E-state index is -2.40. The van der Waals surface area contributed by atoms with Gasteiger partial charge in [-0.1, -0.05) is 37.5 Å². The Bertz CT molecular complexity index is 838. The van der Waals surface area contributed by atoms with Crippen LogP contribution in [0.5, 0.6) is 0 Å². The van der Waals surface area contributed by atoms with Crippen molar-refractivity contribution < 1.29 is 28.1 Å². The molecule has 1 saturated heterocycles. The summed E-state index contributed by atoms with van der Waals surface area (Å²) in [5.41, 5.74) is -0.486. The number of aryl methyl sites for hydroxylation is 1. The summed E-state index contributed by atoms with van der Waals surface area (Å²) in [4.78, 5) is 49.5. The normalized spacial score (nSPS) is 18.1. The molecule has 1 aromatic rings. The second-order valence-electron chi connectivity index (χ2n) is 8.62. The average molecular weight is 460 g/mol. The Morgan fingerprint density at radius 1 is 1.42 bits per heavy atom. The van der Waals surface area contributed by atoms with E-state index >= 15 is 0 Å². The second-order valence-corrected chi connectivity index (χ2v) is 9.00. The zero-order chi connectivity index (χ0) is 23.3. The molecule has 1 aliphatic rings. The Morgan fingerprint density at radius 3 is 2.58 bits per heavy atom. The summed E-state index contributed by atoms with van der Waals surface area (Å²) < 4.78 is 18.4. The maximum absolute atomic E-state index is 13.5. The van der Waals surface area contributed by atoms with Crippen LogP contribution >= 0.6 is 11.6 Å². The highest BCUT2D eigenvalue weighted by molar-refractivity contribution is 6.29. The van der Waals surface area contributed by atoms with Crippen LogP contribution in [0.4, 0.5) is 4.39 Å². The van der Waals surface area contributed by atoms with Crippen LogP contribution in [-0.4, -0.2) is 58.6 Å². The molecule has 0 aliphatic carbocycles. The lowest BCUT2D eigenvalue weighted by Crippen LogP contribution is -2.57. The number of alkyl halides is 2. The summed E-state index contributed by atoms with van der Waals surface area (Å²) in [6.45, 7) is 7.37. The number of hydrogen-bond donors (Lipinski definition) is 3. The molecule has 0 spiro atoms. The number of hydrogen-bond acceptors (Lipinski definition) is 6. The van der Waals surface area contributed by atoms with E-state index in [0.717, 1.165) is 0 Å². The molecule has 2 rings (SSSR count). The van der Waals surface area contributed by atoms with Gasteiger partial charge in [0.1, 0.15) is 11.8 Å². The van der Waals surface area contributed by atoms with Crippen LogP contribution in [0.3, 0.4) is 0 Å².